The van der Waals surface area contributed by atoms with Crippen LogP contribution in [0, 0.1) is 0 Å². The van der Waals surface area contributed by atoms with Crippen LogP contribution in [0.2, 0.25) is 0 Å². The van der Waals surface area contributed by atoms with Crippen LogP contribution < -0.4 is 5.32 Å². The van der Waals surface area contributed by atoms with Crippen LogP contribution in [-0.4, -0.2) is 81.7 Å². The molecule has 166 valence electrons. The lowest BCUT2D eigenvalue weighted by Gasteiger charge is -2.38. The van der Waals surface area contributed by atoms with Crippen molar-refractivity contribution in [1.29, 1.82) is 0 Å². The topological polar surface area (TPSA) is 73.7 Å². The molecule has 8 nitrogen and oxygen atoms in total. The number of piperazine rings is 1. The number of amides is 3. The van der Waals surface area contributed by atoms with Gasteiger partial charge in [0.2, 0.25) is 5.91 Å². The molecule has 2 aliphatic rings. The molecule has 0 spiro atoms. The SMILES string of the molecule is CC1CCCCN1C(=O)CN1CCN(C(=O)Nc2ccccc2Cn2cccn2)CC1. The van der Waals surface area contributed by atoms with E-state index in [0.29, 0.717) is 32.2 Å². The number of anilines is 1. The first kappa shape index (κ1) is 21.4. The Hall–Kier alpha value is -2.87. The molecule has 31 heavy (non-hydrogen) atoms. The van der Waals surface area contributed by atoms with Crippen LogP contribution in [0.3, 0.4) is 0 Å². The molecule has 2 saturated heterocycles. The second-order valence-corrected chi connectivity index (χ2v) is 8.49. The number of rotatable bonds is 5. The first-order chi connectivity index (χ1) is 15.1. The number of nitrogens with one attached hydrogen (secondary N) is 1. The third-order valence-corrected chi connectivity index (χ3v) is 6.29. The molecule has 0 saturated carbocycles. The van der Waals surface area contributed by atoms with Crippen LogP contribution in [0.25, 0.3) is 0 Å². The highest BCUT2D eigenvalue weighted by atomic mass is 16.2. The smallest absolute Gasteiger partial charge is 0.321 e. The number of urea groups is 1. The summed E-state index contributed by atoms with van der Waals surface area (Å²) in [5.41, 5.74) is 1.82. The number of benzene rings is 1. The zero-order valence-electron chi connectivity index (χ0n) is 18.2. The van der Waals surface area contributed by atoms with Crippen molar-refractivity contribution in [3.63, 3.8) is 0 Å². The summed E-state index contributed by atoms with van der Waals surface area (Å²) in [5, 5.41) is 7.31. The van der Waals surface area contributed by atoms with Crippen LogP contribution in [0.5, 0.6) is 0 Å². The van der Waals surface area contributed by atoms with Gasteiger partial charge in [0.15, 0.2) is 0 Å². The number of hydrogen-bond donors (Lipinski definition) is 1. The molecule has 1 N–H and O–H groups in total. The van der Waals surface area contributed by atoms with Gasteiger partial charge in [0, 0.05) is 56.8 Å². The highest BCUT2D eigenvalue weighted by Gasteiger charge is 2.27. The lowest BCUT2D eigenvalue weighted by atomic mass is 10.0. The monoisotopic (exact) mass is 424 g/mol. The molecule has 3 heterocycles. The van der Waals surface area contributed by atoms with Crippen molar-refractivity contribution < 1.29 is 9.59 Å². The van der Waals surface area contributed by atoms with Gasteiger partial charge in [-0.25, -0.2) is 4.79 Å². The maximum Gasteiger partial charge on any atom is 0.321 e. The Morgan fingerprint density at radius 3 is 2.61 bits per heavy atom. The fourth-order valence-electron chi connectivity index (χ4n) is 4.40. The summed E-state index contributed by atoms with van der Waals surface area (Å²) < 4.78 is 1.84. The van der Waals surface area contributed by atoms with E-state index in [1.54, 1.807) is 6.20 Å². The summed E-state index contributed by atoms with van der Waals surface area (Å²) in [4.78, 5) is 31.5. The van der Waals surface area contributed by atoms with Crippen LogP contribution >= 0.6 is 0 Å². The highest BCUT2D eigenvalue weighted by molar-refractivity contribution is 5.90. The molecule has 3 amide bonds. The molecule has 0 radical (unpaired) electrons. The second-order valence-electron chi connectivity index (χ2n) is 8.49. The zero-order chi connectivity index (χ0) is 21.6. The highest BCUT2D eigenvalue weighted by Crippen LogP contribution is 2.19. The van der Waals surface area contributed by atoms with E-state index < -0.39 is 0 Å². The van der Waals surface area contributed by atoms with E-state index in [1.807, 2.05) is 51.0 Å². The summed E-state index contributed by atoms with van der Waals surface area (Å²) in [6.45, 7) is 6.75. The van der Waals surface area contributed by atoms with Crippen LogP contribution in [0.15, 0.2) is 42.7 Å². The van der Waals surface area contributed by atoms with Gasteiger partial charge in [-0.2, -0.15) is 5.10 Å². The van der Waals surface area contributed by atoms with Gasteiger partial charge in [-0.1, -0.05) is 18.2 Å². The van der Waals surface area contributed by atoms with E-state index in [1.165, 1.54) is 6.42 Å². The average molecular weight is 425 g/mol. The lowest BCUT2D eigenvalue weighted by molar-refractivity contribution is -0.136. The molecule has 8 heteroatoms. The number of carbonyl (C=O) groups is 2. The fraction of sp³-hybridized carbons (Fsp3) is 0.522. The van der Waals surface area contributed by atoms with E-state index in [-0.39, 0.29) is 11.9 Å². The van der Waals surface area contributed by atoms with E-state index in [4.69, 9.17) is 0 Å². The number of carbonyl (C=O) groups excluding carboxylic acids is 2. The van der Waals surface area contributed by atoms with Crippen molar-refractivity contribution in [2.75, 3.05) is 44.6 Å². The van der Waals surface area contributed by atoms with Crippen molar-refractivity contribution in [3.05, 3.63) is 48.3 Å². The van der Waals surface area contributed by atoms with Crippen molar-refractivity contribution in [2.24, 2.45) is 0 Å². The van der Waals surface area contributed by atoms with Crippen LogP contribution in [0.1, 0.15) is 31.7 Å². The summed E-state index contributed by atoms with van der Waals surface area (Å²) in [5.74, 6) is 0.220. The van der Waals surface area contributed by atoms with Gasteiger partial charge >= 0.3 is 6.03 Å². The molecule has 2 aromatic rings. The number of aromatic nitrogens is 2. The first-order valence-electron chi connectivity index (χ1n) is 11.2. The molecule has 2 aliphatic heterocycles. The molecule has 4 rings (SSSR count). The van der Waals surface area contributed by atoms with E-state index >= 15 is 0 Å². The standard InChI is InChI=1S/C23H32N6O2/c1-19-7-4-5-12-29(19)22(30)18-26-13-15-27(16-14-26)23(31)25-21-9-3-2-8-20(21)17-28-11-6-10-24-28/h2-3,6,8-11,19H,4-5,7,12-18H2,1H3,(H,25,31). The Morgan fingerprint density at radius 1 is 1.06 bits per heavy atom. The lowest BCUT2D eigenvalue weighted by Crippen LogP contribution is -2.53. The van der Waals surface area contributed by atoms with Crippen molar-refractivity contribution >= 4 is 17.6 Å². The quantitative estimate of drug-likeness (QED) is 0.800. The molecule has 2 fully saturated rings. The minimum Gasteiger partial charge on any atom is -0.339 e. The van der Waals surface area contributed by atoms with Gasteiger partial charge < -0.3 is 15.1 Å². The van der Waals surface area contributed by atoms with Crippen molar-refractivity contribution in [2.45, 2.75) is 38.8 Å². The molecule has 1 atom stereocenters. The molecule has 0 aliphatic carbocycles. The molecular weight excluding hydrogens is 392 g/mol. The summed E-state index contributed by atoms with van der Waals surface area (Å²) >= 11 is 0. The number of para-hydroxylation sites is 1. The van der Waals surface area contributed by atoms with Gasteiger partial charge in [-0.3, -0.25) is 14.4 Å². The number of hydrogen-bond acceptors (Lipinski definition) is 4. The molecular formula is C23H32N6O2. The Morgan fingerprint density at radius 2 is 1.87 bits per heavy atom. The van der Waals surface area contributed by atoms with Crippen molar-refractivity contribution in [1.82, 2.24) is 24.5 Å². The summed E-state index contributed by atoms with van der Waals surface area (Å²) in [6.07, 6.45) is 7.07. The number of likely N-dealkylation sites (tertiary alicyclic amines) is 1. The van der Waals surface area contributed by atoms with Crippen molar-refractivity contribution in [3.8, 4) is 0 Å². The fourth-order valence-corrected chi connectivity index (χ4v) is 4.40. The van der Waals surface area contributed by atoms with Gasteiger partial charge in [0.05, 0.1) is 13.1 Å². The first-order valence-corrected chi connectivity index (χ1v) is 11.2. The minimum absolute atomic E-state index is 0.0939. The van der Waals surface area contributed by atoms with E-state index in [9.17, 15) is 9.59 Å². The van der Waals surface area contributed by atoms with Crippen LogP contribution in [-0.2, 0) is 11.3 Å². The Balaban J connectivity index is 1.27. The largest absolute Gasteiger partial charge is 0.339 e. The molecule has 0 bridgehead atoms. The molecule has 1 unspecified atom stereocenters. The Kier molecular flexibility index (Phi) is 6.86. The third kappa shape index (κ3) is 5.44. The van der Waals surface area contributed by atoms with E-state index in [2.05, 4.69) is 22.2 Å². The Labute approximate surface area is 183 Å². The number of piperidine rings is 1. The van der Waals surface area contributed by atoms with Gasteiger partial charge in [-0.15, -0.1) is 0 Å². The Bertz CT molecular complexity index is 876. The third-order valence-electron chi connectivity index (χ3n) is 6.29. The van der Waals surface area contributed by atoms with Gasteiger partial charge in [-0.05, 0) is 43.9 Å². The average Bonchev–Trinajstić information content (AvgIpc) is 3.29. The summed E-state index contributed by atoms with van der Waals surface area (Å²) in [7, 11) is 0. The minimum atomic E-state index is -0.0939. The van der Waals surface area contributed by atoms with Gasteiger partial charge in [0.25, 0.3) is 0 Å². The predicted octanol–water partition coefficient (Wildman–Crippen LogP) is 2.48. The normalized spacial score (nSPS) is 20.0. The molecule has 1 aromatic heterocycles. The molecule has 1 aromatic carbocycles. The van der Waals surface area contributed by atoms with Gasteiger partial charge in [0.1, 0.15) is 0 Å². The zero-order valence-corrected chi connectivity index (χ0v) is 18.2. The maximum atomic E-state index is 12.8. The second kappa shape index (κ2) is 9.96. The summed E-state index contributed by atoms with van der Waals surface area (Å²) in [6, 6.07) is 9.95. The van der Waals surface area contributed by atoms with Crippen LogP contribution in [0.4, 0.5) is 10.5 Å². The number of nitrogens with zero attached hydrogens (tertiary/aromatic N) is 5. The maximum absolute atomic E-state index is 12.8. The predicted molar refractivity (Wildman–Crippen MR) is 120 cm³/mol. The van der Waals surface area contributed by atoms with E-state index in [0.717, 1.165) is 43.7 Å².